The van der Waals surface area contributed by atoms with Gasteiger partial charge in [-0.15, -0.1) is 0 Å². The largest absolute Gasteiger partial charge is 0.362 e. The second-order valence-corrected chi connectivity index (χ2v) is 3.35. The molecule has 1 unspecified atom stereocenters. The summed E-state index contributed by atoms with van der Waals surface area (Å²) in [5.74, 6) is 0.999. The molecule has 1 atom stereocenters. The van der Waals surface area contributed by atoms with Crippen molar-refractivity contribution in [3.05, 3.63) is 0 Å². The zero-order chi connectivity index (χ0) is 6.81. The molecule has 2 nitrogen and oxygen atoms in total. The Morgan fingerprint density at radius 1 is 1.40 bits per heavy atom. The van der Waals surface area contributed by atoms with Gasteiger partial charge in [-0.05, 0) is 12.3 Å². The highest BCUT2D eigenvalue weighted by molar-refractivity contribution is 4.74. The van der Waals surface area contributed by atoms with E-state index in [0.29, 0.717) is 6.23 Å². The summed E-state index contributed by atoms with van der Waals surface area (Å²) in [7, 11) is 0. The highest BCUT2D eigenvalue weighted by Gasteiger charge is 2.22. The Bertz CT molecular complexity index is 108. The van der Waals surface area contributed by atoms with E-state index in [1.165, 1.54) is 25.7 Å². The SMILES string of the molecule is C1CC(CCOC2CN2)C1. The quantitative estimate of drug-likeness (QED) is 0.595. The summed E-state index contributed by atoms with van der Waals surface area (Å²) in [4.78, 5) is 0. The molecular formula is C8H15NO. The van der Waals surface area contributed by atoms with Crippen molar-refractivity contribution in [1.29, 1.82) is 0 Å². The lowest BCUT2D eigenvalue weighted by atomic mass is 9.83. The molecule has 2 rings (SSSR count). The summed E-state index contributed by atoms with van der Waals surface area (Å²) in [5, 5.41) is 3.12. The molecule has 58 valence electrons. The Labute approximate surface area is 61.9 Å². The fourth-order valence-corrected chi connectivity index (χ4v) is 1.32. The van der Waals surface area contributed by atoms with Crippen LogP contribution < -0.4 is 5.32 Å². The molecule has 2 fully saturated rings. The van der Waals surface area contributed by atoms with E-state index in [1.54, 1.807) is 0 Å². The van der Waals surface area contributed by atoms with Gasteiger partial charge in [-0.25, -0.2) is 0 Å². The van der Waals surface area contributed by atoms with E-state index in [9.17, 15) is 0 Å². The van der Waals surface area contributed by atoms with Crippen LogP contribution in [0, 0.1) is 5.92 Å². The van der Waals surface area contributed by atoms with E-state index >= 15 is 0 Å². The second kappa shape index (κ2) is 2.89. The molecule has 0 amide bonds. The van der Waals surface area contributed by atoms with Gasteiger partial charge in [-0.1, -0.05) is 19.3 Å². The van der Waals surface area contributed by atoms with Crippen LogP contribution in [-0.2, 0) is 4.74 Å². The Balaban J connectivity index is 1.46. The first-order valence-electron chi connectivity index (χ1n) is 4.30. The number of hydrogen-bond donors (Lipinski definition) is 1. The standard InChI is InChI=1S/C8H15NO/c1-2-7(3-1)4-5-10-8-6-9-8/h7-9H,1-6H2. The van der Waals surface area contributed by atoms with Crippen LogP contribution >= 0.6 is 0 Å². The Morgan fingerprint density at radius 2 is 2.20 bits per heavy atom. The smallest absolute Gasteiger partial charge is 0.120 e. The molecule has 0 spiro atoms. The Hall–Kier alpha value is -0.0800. The number of hydrogen-bond acceptors (Lipinski definition) is 2. The maximum absolute atomic E-state index is 5.45. The van der Waals surface area contributed by atoms with Crippen molar-refractivity contribution in [2.45, 2.75) is 31.9 Å². The highest BCUT2D eigenvalue weighted by atomic mass is 16.5. The molecule has 1 heterocycles. The molecule has 0 radical (unpaired) electrons. The predicted molar refractivity (Wildman–Crippen MR) is 39.7 cm³/mol. The average Bonchev–Trinajstić information content (AvgIpc) is 2.58. The normalized spacial score (nSPS) is 31.8. The third-order valence-electron chi connectivity index (χ3n) is 2.44. The van der Waals surface area contributed by atoms with Gasteiger partial charge in [0.1, 0.15) is 6.23 Å². The first-order chi connectivity index (χ1) is 4.95. The van der Waals surface area contributed by atoms with Crippen LogP contribution in [0.2, 0.25) is 0 Å². The molecule has 1 saturated heterocycles. The Morgan fingerprint density at radius 3 is 2.70 bits per heavy atom. The monoisotopic (exact) mass is 141 g/mol. The minimum Gasteiger partial charge on any atom is -0.362 e. The second-order valence-electron chi connectivity index (χ2n) is 3.35. The topological polar surface area (TPSA) is 31.2 Å². The van der Waals surface area contributed by atoms with Crippen molar-refractivity contribution in [1.82, 2.24) is 5.32 Å². The molecule has 1 N–H and O–H groups in total. The van der Waals surface area contributed by atoms with Gasteiger partial charge in [0.05, 0.1) is 0 Å². The lowest BCUT2D eigenvalue weighted by molar-refractivity contribution is 0.0918. The van der Waals surface area contributed by atoms with E-state index in [0.717, 1.165) is 19.1 Å². The van der Waals surface area contributed by atoms with Crippen LogP contribution in [0.1, 0.15) is 25.7 Å². The van der Waals surface area contributed by atoms with Gasteiger partial charge in [0.2, 0.25) is 0 Å². The van der Waals surface area contributed by atoms with E-state index in [1.807, 2.05) is 0 Å². The van der Waals surface area contributed by atoms with E-state index < -0.39 is 0 Å². The van der Waals surface area contributed by atoms with Crippen LogP contribution in [0.3, 0.4) is 0 Å². The highest BCUT2D eigenvalue weighted by Crippen LogP contribution is 2.29. The lowest BCUT2D eigenvalue weighted by Gasteiger charge is -2.24. The van der Waals surface area contributed by atoms with Gasteiger partial charge in [0.25, 0.3) is 0 Å². The molecular weight excluding hydrogens is 126 g/mol. The van der Waals surface area contributed by atoms with Crippen molar-refractivity contribution in [3.8, 4) is 0 Å². The molecule has 0 aromatic rings. The van der Waals surface area contributed by atoms with Crippen LogP contribution in [0.5, 0.6) is 0 Å². The third kappa shape index (κ3) is 1.70. The van der Waals surface area contributed by atoms with Crippen molar-refractivity contribution in [2.75, 3.05) is 13.2 Å². The first kappa shape index (κ1) is 6.62. The molecule has 10 heavy (non-hydrogen) atoms. The summed E-state index contributed by atoms with van der Waals surface area (Å²) in [5.41, 5.74) is 0. The summed E-state index contributed by atoms with van der Waals surface area (Å²) in [6.45, 7) is 2.05. The summed E-state index contributed by atoms with van der Waals surface area (Å²) < 4.78 is 5.45. The molecule has 2 heteroatoms. The van der Waals surface area contributed by atoms with Gasteiger partial charge < -0.3 is 4.74 Å². The fraction of sp³-hybridized carbons (Fsp3) is 1.00. The first-order valence-corrected chi connectivity index (χ1v) is 4.30. The van der Waals surface area contributed by atoms with Gasteiger partial charge >= 0.3 is 0 Å². The lowest BCUT2D eigenvalue weighted by Crippen LogP contribution is -2.14. The van der Waals surface area contributed by atoms with E-state index in [-0.39, 0.29) is 0 Å². The number of rotatable bonds is 4. The Kier molecular flexibility index (Phi) is 1.91. The van der Waals surface area contributed by atoms with Crippen molar-refractivity contribution < 1.29 is 4.74 Å². The van der Waals surface area contributed by atoms with Gasteiger partial charge in [-0.2, -0.15) is 0 Å². The molecule has 1 aliphatic heterocycles. The maximum Gasteiger partial charge on any atom is 0.120 e. The molecule has 1 saturated carbocycles. The predicted octanol–water partition coefficient (Wildman–Crippen LogP) is 1.12. The summed E-state index contributed by atoms with van der Waals surface area (Å²) in [6, 6.07) is 0. The number of nitrogens with one attached hydrogen (secondary N) is 1. The zero-order valence-electron chi connectivity index (χ0n) is 6.31. The van der Waals surface area contributed by atoms with Crippen molar-refractivity contribution in [2.24, 2.45) is 5.92 Å². The van der Waals surface area contributed by atoms with E-state index in [2.05, 4.69) is 5.32 Å². The van der Waals surface area contributed by atoms with Crippen LogP contribution in [-0.4, -0.2) is 19.4 Å². The fourth-order valence-electron chi connectivity index (χ4n) is 1.32. The van der Waals surface area contributed by atoms with Crippen LogP contribution in [0.25, 0.3) is 0 Å². The van der Waals surface area contributed by atoms with Crippen molar-refractivity contribution in [3.63, 3.8) is 0 Å². The van der Waals surface area contributed by atoms with Crippen LogP contribution in [0.15, 0.2) is 0 Å². The molecule has 0 aromatic heterocycles. The summed E-state index contributed by atoms with van der Waals surface area (Å²) in [6.07, 6.45) is 6.05. The minimum absolute atomic E-state index is 0.417. The molecule has 0 bridgehead atoms. The number of ether oxygens (including phenoxy) is 1. The van der Waals surface area contributed by atoms with Gasteiger partial charge in [-0.3, -0.25) is 5.32 Å². The van der Waals surface area contributed by atoms with Crippen molar-refractivity contribution >= 4 is 0 Å². The maximum atomic E-state index is 5.45. The molecule has 0 aromatic carbocycles. The van der Waals surface area contributed by atoms with E-state index in [4.69, 9.17) is 4.74 Å². The molecule has 1 aliphatic carbocycles. The average molecular weight is 141 g/mol. The van der Waals surface area contributed by atoms with Gasteiger partial charge in [0.15, 0.2) is 0 Å². The zero-order valence-corrected chi connectivity index (χ0v) is 6.31. The van der Waals surface area contributed by atoms with Crippen LogP contribution in [0.4, 0.5) is 0 Å². The summed E-state index contributed by atoms with van der Waals surface area (Å²) >= 11 is 0. The van der Waals surface area contributed by atoms with Gasteiger partial charge in [0, 0.05) is 13.2 Å². The minimum atomic E-state index is 0.417. The molecule has 2 aliphatic rings. The third-order valence-corrected chi connectivity index (χ3v) is 2.44.